The predicted molar refractivity (Wildman–Crippen MR) is 74.4 cm³/mol. The number of hydrogen-bond acceptors (Lipinski definition) is 6. The minimum absolute atomic E-state index is 0.0364. The molecule has 0 saturated heterocycles. The number of allylic oxidation sites excluding steroid dienone is 2. The monoisotopic (exact) mass is 281 g/mol. The van der Waals surface area contributed by atoms with E-state index >= 15 is 0 Å². The fourth-order valence-electron chi connectivity index (χ4n) is 2.12. The van der Waals surface area contributed by atoms with Crippen LogP contribution >= 0.6 is 0 Å². The van der Waals surface area contributed by atoms with Gasteiger partial charge in [-0.2, -0.15) is 0 Å². The first-order chi connectivity index (χ1) is 10.1. The van der Waals surface area contributed by atoms with Crippen molar-refractivity contribution >= 4 is 11.6 Å². The first-order valence-corrected chi connectivity index (χ1v) is 6.19. The standard InChI is InChI=1S/C15H11N3O3/c1-21-15-10(16)13(19)12-11(14(15)20)17-7-9(18-12)8-5-3-2-4-6-8/h2-7H,16H2,1H3. The Balaban J connectivity index is 2.15. The molecule has 2 aromatic rings. The van der Waals surface area contributed by atoms with Gasteiger partial charge in [-0.15, -0.1) is 0 Å². The van der Waals surface area contributed by atoms with Crippen LogP contribution < -0.4 is 5.73 Å². The third-order valence-corrected chi connectivity index (χ3v) is 3.17. The van der Waals surface area contributed by atoms with E-state index in [9.17, 15) is 9.59 Å². The lowest BCUT2D eigenvalue weighted by Crippen LogP contribution is -2.29. The summed E-state index contributed by atoms with van der Waals surface area (Å²) in [5.41, 5.74) is 6.63. The first kappa shape index (κ1) is 13.0. The van der Waals surface area contributed by atoms with Crippen LogP contribution in [0.15, 0.2) is 48.0 Å². The average molecular weight is 281 g/mol. The van der Waals surface area contributed by atoms with Crippen molar-refractivity contribution in [2.45, 2.75) is 0 Å². The Hall–Kier alpha value is -3.02. The Labute approximate surface area is 120 Å². The molecule has 104 valence electrons. The number of ketones is 2. The van der Waals surface area contributed by atoms with Gasteiger partial charge in [-0.05, 0) is 0 Å². The molecule has 3 rings (SSSR count). The number of nitrogens with two attached hydrogens (primary N) is 1. The summed E-state index contributed by atoms with van der Waals surface area (Å²) in [6, 6.07) is 9.24. The molecule has 0 aliphatic heterocycles. The largest absolute Gasteiger partial charge is 0.491 e. The molecule has 0 saturated carbocycles. The zero-order valence-electron chi connectivity index (χ0n) is 11.2. The number of carbonyl (C=O) groups is 2. The van der Waals surface area contributed by atoms with Gasteiger partial charge in [-0.25, -0.2) is 9.97 Å². The van der Waals surface area contributed by atoms with Gasteiger partial charge in [0.05, 0.1) is 19.0 Å². The van der Waals surface area contributed by atoms with Gasteiger partial charge in [0.2, 0.25) is 5.78 Å². The summed E-state index contributed by atoms with van der Waals surface area (Å²) >= 11 is 0. The van der Waals surface area contributed by atoms with Crippen LogP contribution in [0.5, 0.6) is 0 Å². The molecule has 0 amide bonds. The quantitative estimate of drug-likeness (QED) is 0.892. The number of Topliss-reactive ketones (excluding diaryl/α,β-unsaturated/α-hetero) is 2. The molecule has 0 spiro atoms. The van der Waals surface area contributed by atoms with Gasteiger partial charge in [0.25, 0.3) is 5.78 Å². The van der Waals surface area contributed by atoms with E-state index in [1.54, 1.807) is 0 Å². The number of rotatable bonds is 2. The second-order valence-electron chi connectivity index (χ2n) is 4.42. The highest BCUT2D eigenvalue weighted by Gasteiger charge is 2.34. The Morgan fingerprint density at radius 2 is 1.76 bits per heavy atom. The smallest absolute Gasteiger partial charge is 0.250 e. The van der Waals surface area contributed by atoms with Crippen LogP contribution in [0.25, 0.3) is 11.3 Å². The van der Waals surface area contributed by atoms with E-state index in [2.05, 4.69) is 9.97 Å². The normalized spacial score (nSPS) is 14.1. The highest BCUT2D eigenvalue weighted by molar-refractivity contribution is 6.24. The zero-order valence-corrected chi connectivity index (χ0v) is 11.2. The van der Waals surface area contributed by atoms with Gasteiger partial charge in [-0.3, -0.25) is 9.59 Å². The summed E-state index contributed by atoms with van der Waals surface area (Å²) in [7, 11) is 1.28. The number of ether oxygens (including phenoxy) is 1. The zero-order chi connectivity index (χ0) is 15.0. The lowest BCUT2D eigenvalue weighted by molar-refractivity contribution is 0.0897. The molecule has 21 heavy (non-hydrogen) atoms. The molecule has 2 N–H and O–H groups in total. The molecular formula is C15H11N3O3. The first-order valence-electron chi connectivity index (χ1n) is 6.19. The lowest BCUT2D eigenvalue weighted by atomic mass is 10.00. The number of fused-ring (bicyclic) bond motifs is 1. The number of aromatic nitrogens is 2. The molecule has 0 fully saturated rings. The van der Waals surface area contributed by atoms with Crippen LogP contribution in [0.2, 0.25) is 0 Å². The van der Waals surface area contributed by atoms with Gasteiger partial charge < -0.3 is 10.5 Å². The Bertz CT molecular complexity index is 782. The van der Waals surface area contributed by atoms with Crippen molar-refractivity contribution in [3.8, 4) is 11.3 Å². The fraction of sp³-hybridized carbons (Fsp3) is 0.0667. The molecular weight excluding hydrogens is 270 g/mol. The average Bonchev–Trinajstić information content (AvgIpc) is 2.54. The molecule has 0 radical (unpaired) electrons. The van der Waals surface area contributed by atoms with Crippen molar-refractivity contribution in [3.63, 3.8) is 0 Å². The molecule has 0 atom stereocenters. The van der Waals surface area contributed by atoms with Crippen molar-refractivity contribution < 1.29 is 14.3 Å². The van der Waals surface area contributed by atoms with E-state index in [-0.39, 0.29) is 22.8 Å². The minimum atomic E-state index is -0.549. The number of hydrogen-bond donors (Lipinski definition) is 1. The molecule has 6 heteroatoms. The number of methoxy groups -OCH3 is 1. The fourth-order valence-corrected chi connectivity index (χ4v) is 2.12. The van der Waals surface area contributed by atoms with Crippen molar-refractivity contribution in [2.75, 3.05) is 7.11 Å². The van der Waals surface area contributed by atoms with Crippen LogP contribution in [-0.4, -0.2) is 28.6 Å². The third kappa shape index (κ3) is 1.97. The van der Waals surface area contributed by atoms with E-state index in [1.165, 1.54) is 13.3 Å². The summed E-state index contributed by atoms with van der Waals surface area (Å²) in [5, 5.41) is 0. The third-order valence-electron chi connectivity index (χ3n) is 3.17. The molecule has 0 unspecified atom stereocenters. The van der Waals surface area contributed by atoms with Crippen molar-refractivity contribution in [1.29, 1.82) is 0 Å². The SMILES string of the molecule is COC1=C(N)C(=O)c2nc(-c3ccccc3)cnc2C1=O. The predicted octanol–water partition coefficient (Wildman–Crippen LogP) is 1.34. The van der Waals surface area contributed by atoms with Crippen LogP contribution in [0.4, 0.5) is 0 Å². The van der Waals surface area contributed by atoms with Crippen molar-refractivity contribution in [3.05, 3.63) is 59.4 Å². The van der Waals surface area contributed by atoms with E-state index < -0.39 is 11.6 Å². The van der Waals surface area contributed by atoms with Gasteiger partial charge in [0.15, 0.2) is 5.76 Å². The van der Waals surface area contributed by atoms with Crippen molar-refractivity contribution in [1.82, 2.24) is 9.97 Å². The summed E-state index contributed by atoms with van der Waals surface area (Å²) in [4.78, 5) is 32.6. The topological polar surface area (TPSA) is 95.2 Å². The maximum absolute atomic E-state index is 12.2. The summed E-state index contributed by atoms with van der Waals surface area (Å²) < 4.78 is 4.87. The van der Waals surface area contributed by atoms with Gasteiger partial charge >= 0.3 is 0 Å². The Morgan fingerprint density at radius 1 is 1.05 bits per heavy atom. The summed E-state index contributed by atoms with van der Waals surface area (Å²) in [5.74, 6) is -1.27. The van der Waals surface area contributed by atoms with Gasteiger partial charge in [0.1, 0.15) is 17.1 Å². The van der Waals surface area contributed by atoms with Gasteiger partial charge in [-0.1, -0.05) is 30.3 Å². The maximum atomic E-state index is 12.2. The van der Waals surface area contributed by atoms with Gasteiger partial charge in [0, 0.05) is 5.56 Å². The second kappa shape index (κ2) is 4.82. The highest BCUT2D eigenvalue weighted by atomic mass is 16.5. The van der Waals surface area contributed by atoms with E-state index in [0.29, 0.717) is 5.69 Å². The molecule has 1 aliphatic carbocycles. The van der Waals surface area contributed by atoms with Crippen LogP contribution in [-0.2, 0) is 4.74 Å². The van der Waals surface area contributed by atoms with Crippen LogP contribution in [0, 0.1) is 0 Å². The van der Waals surface area contributed by atoms with E-state index in [0.717, 1.165) is 5.56 Å². The van der Waals surface area contributed by atoms with Crippen LogP contribution in [0.1, 0.15) is 21.0 Å². The molecule has 1 aliphatic rings. The number of carbonyl (C=O) groups excluding carboxylic acids is 2. The minimum Gasteiger partial charge on any atom is -0.491 e. The van der Waals surface area contributed by atoms with E-state index in [1.807, 2.05) is 30.3 Å². The Morgan fingerprint density at radius 3 is 2.43 bits per heavy atom. The summed E-state index contributed by atoms with van der Waals surface area (Å²) in [6.07, 6.45) is 1.45. The lowest BCUT2D eigenvalue weighted by Gasteiger charge is -2.16. The second-order valence-corrected chi connectivity index (χ2v) is 4.42. The number of nitrogens with zero attached hydrogens (tertiary/aromatic N) is 2. The molecule has 1 aromatic heterocycles. The molecule has 0 bridgehead atoms. The highest BCUT2D eigenvalue weighted by Crippen LogP contribution is 2.24. The van der Waals surface area contributed by atoms with E-state index in [4.69, 9.17) is 10.5 Å². The molecule has 6 nitrogen and oxygen atoms in total. The summed E-state index contributed by atoms with van der Waals surface area (Å²) in [6.45, 7) is 0. The number of benzene rings is 1. The van der Waals surface area contributed by atoms with Crippen molar-refractivity contribution in [2.24, 2.45) is 5.73 Å². The Kier molecular flexibility index (Phi) is 2.98. The molecule has 1 heterocycles. The maximum Gasteiger partial charge on any atom is 0.250 e. The molecule has 1 aromatic carbocycles. The van der Waals surface area contributed by atoms with Crippen LogP contribution in [0.3, 0.4) is 0 Å².